The van der Waals surface area contributed by atoms with Gasteiger partial charge in [0.25, 0.3) is 5.56 Å². The van der Waals surface area contributed by atoms with Crippen molar-refractivity contribution in [2.45, 2.75) is 30.6 Å². The topological polar surface area (TPSA) is 74.0 Å². The quantitative estimate of drug-likeness (QED) is 0.647. The van der Waals surface area contributed by atoms with E-state index in [1.165, 1.54) is 12.1 Å². The van der Waals surface area contributed by atoms with E-state index in [2.05, 4.69) is 10.1 Å². The van der Waals surface area contributed by atoms with Crippen molar-refractivity contribution in [1.29, 1.82) is 5.26 Å². The molecule has 2 heterocycles. The van der Waals surface area contributed by atoms with Crippen LogP contribution in [0, 0.1) is 11.3 Å². The minimum Gasteiger partial charge on any atom is -0.345 e. The van der Waals surface area contributed by atoms with Crippen molar-refractivity contribution in [3.8, 4) is 6.07 Å². The molecule has 29 heavy (non-hydrogen) atoms. The fraction of sp³-hybridized carbons (Fsp3) is 0.278. The Hall–Kier alpha value is -3.29. The number of aromatic nitrogens is 3. The number of fused-ring (bicyclic) bond motifs is 1. The Morgan fingerprint density at radius 1 is 1.07 bits per heavy atom. The van der Waals surface area contributed by atoms with Gasteiger partial charge in [0.1, 0.15) is 17.2 Å². The van der Waals surface area contributed by atoms with Crippen LogP contribution in [0.15, 0.2) is 35.3 Å². The Balaban J connectivity index is 1.89. The normalized spacial score (nSPS) is 16.0. The molecule has 5 nitrogen and oxygen atoms in total. The minimum atomic E-state index is -4.91. The number of nitriles is 1. The zero-order chi connectivity index (χ0) is 21.2. The van der Waals surface area contributed by atoms with Crippen LogP contribution in [0.4, 0.5) is 26.3 Å². The van der Waals surface area contributed by atoms with Crippen molar-refractivity contribution in [2.24, 2.45) is 0 Å². The monoisotopic (exact) mass is 412 g/mol. The van der Waals surface area contributed by atoms with Gasteiger partial charge < -0.3 is 4.98 Å². The van der Waals surface area contributed by atoms with Crippen molar-refractivity contribution in [1.82, 2.24) is 14.6 Å². The van der Waals surface area contributed by atoms with Gasteiger partial charge in [0.2, 0.25) is 0 Å². The molecule has 11 heteroatoms. The fourth-order valence-corrected chi connectivity index (χ4v) is 3.42. The lowest BCUT2D eigenvalue weighted by Gasteiger charge is -2.15. The fourth-order valence-electron chi connectivity index (χ4n) is 3.42. The smallest absolute Gasteiger partial charge is 0.345 e. The number of halogens is 6. The summed E-state index contributed by atoms with van der Waals surface area (Å²) < 4.78 is 77.9. The number of hydrogen-bond donors (Lipinski definition) is 1. The highest BCUT2D eigenvalue weighted by atomic mass is 19.4. The van der Waals surface area contributed by atoms with E-state index < -0.39 is 34.5 Å². The molecule has 150 valence electrons. The van der Waals surface area contributed by atoms with Gasteiger partial charge >= 0.3 is 12.4 Å². The first-order valence-corrected chi connectivity index (χ1v) is 8.29. The van der Waals surface area contributed by atoms with E-state index in [0.29, 0.717) is 29.1 Å². The molecular formula is C18H10F6N4O. The van der Waals surface area contributed by atoms with Gasteiger partial charge in [-0.3, -0.25) is 4.79 Å². The Kier molecular flexibility index (Phi) is 3.84. The van der Waals surface area contributed by atoms with E-state index in [-0.39, 0.29) is 16.9 Å². The van der Waals surface area contributed by atoms with Crippen LogP contribution in [-0.4, -0.2) is 14.6 Å². The molecule has 4 rings (SSSR count). The molecule has 1 aromatic carbocycles. The summed E-state index contributed by atoms with van der Waals surface area (Å²) in [6.07, 6.45) is -8.10. The largest absolute Gasteiger partial charge is 0.423 e. The maximum Gasteiger partial charge on any atom is 0.423 e. The summed E-state index contributed by atoms with van der Waals surface area (Å²) in [5.41, 5.74) is -4.49. The molecule has 0 amide bonds. The van der Waals surface area contributed by atoms with Gasteiger partial charge in [-0.05, 0) is 30.5 Å². The molecule has 1 fully saturated rings. The summed E-state index contributed by atoms with van der Waals surface area (Å²) in [6, 6.07) is 6.13. The molecule has 1 saturated carbocycles. The van der Waals surface area contributed by atoms with E-state index in [4.69, 9.17) is 0 Å². The molecule has 0 spiro atoms. The second-order valence-electron chi connectivity index (χ2n) is 6.76. The summed E-state index contributed by atoms with van der Waals surface area (Å²) in [6.45, 7) is 0. The second kappa shape index (κ2) is 5.85. The number of nitrogens with one attached hydrogen (secondary N) is 1. The van der Waals surface area contributed by atoms with E-state index in [1.54, 1.807) is 0 Å². The lowest BCUT2D eigenvalue weighted by atomic mass is 9.89. The van der Waals surface area contributed by atoms with E-state index in [9.17, 15) is 36.4 Å². The second-order valence-corrected chi connectivity index (χ2v) is 6.76. The molecule has 2 aromatic heterocycles. The molecule has 0 aliphatic heterocycles. The molecule has 3 aromatic rings. The van der Waals surface area contributed by atoms with Gasteiger partial charge in [0, 0.05) is 11.6 Å². The van der Waals surface area contributed by atoms with Crippen LogP contribution in [-0.2, 0) is 17.8 Å². The number of nitrogens with zero attached hydrogens (tertiary/aromatic N) is 3. The Morgan fingerprint density at radius 3 is 2.17 bits per heavy atom. The first-order chi connectivity index (χ1) is 13.5. The lowest BCUT2D eigenvalue weighted by Crippen LogP contribution is -2.26. The molecule has 0 saturated heterocycles. The summed E-state index contributed by atoms with van der Waals surface area (Å²) in [5.74, 6) is 0. The maximum atomic E-state index is 13.0. The van der Waals surface area contributed by atoms with Crippen LogP contribution in [0.3, 0.4) is 0 Å². The molecule has 0 radical (unpaired) electrons. The molecule has 1 aliphatic carbocycles. The van der Waals surface area contributed by atoms with Gasteiger partial charge in [-0.25, -0.2) is 0 Å². The van der Waals surface area contributed by atoms with Crippen molar-refractivity contribution in [2.75, 3.05) is 0 Å². The zero-order valence-corrected chi connectivity index (χ0v) is 14.3. The standard InChI is InChI=1S/C18H10F6N4O/c19-17(20,21)10-3-1-9(2-4-10)16(5-6-16)13-11(7-25)14-26-8-12(18(22,23)24)15(29)28(14)27-13/h1-4,8,26H,5-6H2. The van der Waals surface area contributed by atoms with Crippen LogP contribution in [0.5, 0.6) is 0 Å². The highest BCUT2D eigenvalue weighted by Crippen LogP contribution is 2.54. The number of aromatic amines is 1. The number of alkyl halides is 6. The van der Waals surface area contributed by atoms with Crippen molar-refractivity contribution in [3.63, 3.8) is 0 Å². The van der Waals surface area contributed by atoms with E-state index in [1.807, 2.05) is 6.07 Å². The predicted molar refractivity (Wildman–Crippen MR) is 87.0 cm³/mol. The van der Waals surface area contributed by atoms with Crippen LogP contribution in [0.25, 0.3) is 5.65 Å². The van der Waals surface area contributed by atoms with E-state index in [0.717, 1.165) is 12.1 Å². The first-order valence-electron chi connectivity index (χ1n) is 8.29. The van der Waals surface area contributed by atoms with Crippen LogP contribution >= 0.6 is 0 Å². The third-order valence-electron chi connectivity index (χ3n) is 5.05. The van der Waals surface area contributed by atoms with Crippen molar-refractivity contribution < 1.29 is 26.3 Å². The highest BCUT2D eigenvalue weighted by Gasteiger charge is 2.50. The minimum absolute atomic E-state index is 0.0624. The van der Waals surface area contributed by atoms with E-state index >= 15 is 0 Å². The Bertz CT molecular complexity index is 1210. The average molecular weight is 412 g/mol. The summed E-state index contributed by atoms with van der Waals surface area (Å²) in [5, 5.41) is 13.5. The Morgan fingerprint density at radius 2 is 1.69 bits per heavy atom. The van der Waals surface area contributed by atoms with Crippen LogP contribution in [0.1, 0.15) is 40.8 Å². The van der Waals surface area contributed by atoms with Gasteiger partial charge in [-0.2, -0.15) is 41.2 Å². The van der Waals surface area contributed by atoms with Crippen molar-refractivity contribution in [3.05, 3.63) is 68.8 Å². The third-order valence-corrected chi connectivity index (χ3v) is 5.05. The molecule has 1 aliphatic rings. The summed E-state index contributed by atoms with van der Waals surface area (Å²) in [4.78, 5) is 14.5. The van der Waals surface area contributed by atoms with Gasteiger partial charge in [-0.1, -0.05) is 12.1 Å². The number of hydrogen-bond acceptors (Lipinski definition) is 3. The number of H-pyrrole nitrogens is 1. The average Bonchev–Trinajstić information content (AvgIpc) is 3.35. The predicted octanol–water partition coefficient (Wildman–Crippen LogP) is 4.01. The third kappa shape index (κ3) is 2.86. The van der Waals surface area contributed by atoms with Gasteiger partial charge in [0.15, 0.2) is 5.65 Å². The Labute approximate surface area is 158 Å². The number of benzene rings is 1. The molecule has 0 atom stereocenters. The zero-order valence-electron chi connectivity index (χ0n) is 14.3. The highest BCUT2D eigenvalue weighted by molar-refractivity contribution is 5.62. The van der Waals surface area contributed by atoms with Crippen LogP contribution in [0.2, 0.25) is 0 Å². The summed E-state index contributed by atoms with van der Waals surface area (Å²) >= 11 is 0. The van der Waals surface area contributed by atoms with Gasteiger partial charge in [0.05, 0.1) is 11.3 Å². The summed E-state index contributed by atoms with van der Waals surface area (Å²) in [7, 11) is 0. The first kappa shape index (κ1) is 19.0. The number of rotatable bonds is 2. The van der Waals surface area contributed by atoms with Crippen LogP contribution < -0.4 is 5.56 Å². The van der Waals surface area contributed by atoms with Gasteiger partial charge in [-0.15, -0.1) is 0 Å². The molecule has 0 bridgehead atoms. The maximum absolute atomic E-state index is 13.0. The lowest BCUT2D eigenvalue weighted by molar-refractivity contribution is -0.139. The SMILES string of the molecule is N#Cc1c(C2(c3ccc(C(F)(F)F)cc3)CC2)nn2c(=O)c(C(F)(F)F)c[nH]c12. The molecule has 0 unspecified atom stereocenters. The molecular weight excluding hydrogens is 402 g/mol. The molecule has 1 N–H and O–H groups in total. The van der Waals surface area contributed by atoms with Crippen molar-refractivity contribution >= 4 is 5.65 Å².